The summed E-state index contributed by atoms with van der Waals surface area (Å²) < 4.78 is 23.6. The summed E-state index contributed by atoms with van der Waals surface area (Å²) in [6.45, 7) is 4.46. The molecule has 41 heavy (non-hydrogen) atoms. The van der Waals surface area contributed by atoms with Gasteiger partial charge in [-0.3, -0.25) is 19.2 Å². The standard InChI is InChI=1S/C26H38N4O10S/c1-3-9-37-10-11-38-12-13-39-14-15-40-19-7-8-30(4-2)23(16-19)41-18-21(25(34)28-17-24(32)33)29-22(31)6-5-20(27)26(35)36/h1,7-8,16,20-21H,4-6,9-15,17-18,27H2,2H3,(H3-,28,29,31,32,33,34,35,36)/p+1/t20-,21-/m0/s1. The van der Waals surface area contributed by atoms with E-state index in [4.69, 9.17) is 41.3 Å². The molecule has 0 aliphatic rings. The Labute approximate surface area is 243 Å². The summed E-state index contributed by atoms with van der Waals surface area (Å²) in [7, 11) is 0. The highest BCUT2D eigenvalue weighted by molar-refractivity contribution is 7.99. The molecule has 0 aliphatic carbocycles. The summed E-state index contributed by atoms with van der Waals surface area (Å²) in [6, 6.07) is 1.27. The molecule has 15 heteroatoms. The molecule has 2 amide bonds. The predicted molar refractivity (Wildman–Crippen MR) is 147 cm³/mol. The quantitative estimate of drug-likeness (QED) is 0.0447. The maximum absolute atomic E-state index is 12.6. The number of pyridine rings is 1. The monoisotopic (exact) mass is 599 g/mol. The molecular formula is C26H39N4O10S+. The SMILES string of the molecule is C#CCOCCOCCOCCOc1cc[n+](CC)c(SC[C@H](NC(=O)CC[C@H](N)C(=O)O)C(=O)NCC(=O)O)c1. The minimum absolute atomic E-state index is 0.0719. The van der Waals surface area contributed by atoms with E-state index >= 15 is 0 Å². The van der Waals surface area contributed by atoms with E-state index in [1.54, 1.807) is 12.1 Å². The van der Waals surface area contributed by atoms with E-state index < -0.39 is 42.4 Å². The van der Waals surface area contributed by atoms with Crippen LogP contribution >= 0.6 is 11.8 Å². The maximum atomic E-state index is 12.6. The van der Waals surface area contributed by atoms with E-state index in [9.17, 15) is 19.2 Å². The van der Waals surface area contributed by atoms with Crippen LogP contribution in [0, 0.1) is 12.3 Å². The predicted octanol–water partition coefficient (Wildman–Crippen LogP) is -0.974. The number of carboxylic acid groups (broad SMARTS) is 2. The second kappa shape index (κ2) is 21.3. The average Bonchev–Trinajstić information content (AvgIpc) is 2.95. The Hall–Kier alpha value is -3.42. The van der Waals surface area contributed by atoms with Gasteiger partial charge < -0.3 is 45.5 Å². The van der Waals surface area contributed by atoms with E-state index in [0.29, 0.717) is 51.9 Å². The lowest BCUT2D eigenvalue weighted by molar-refractivity contribution is -0.729. The number of nitrogens with two attached hydrogens (primary N) is 1. The normalized spacial score (nSPS) is 12.1. The number of ether oxygens (including phenoxy) is 4. The Morgan fingerprint density at radius 2 is 1.76 bits per heavy atom. The molecule has 2 atom stereocenters. The zero-order valence-electron chi connectivity index (χ0n) is 23.0. The summed E-state index contributed by atoms with van der Waals surface area (Å²) in [5, 5.41) is 23.3. The number of carboxylic acids is 2. The molecule has 0 aliphatic heterocycles. The zero-order chi connectivity index (χ0) is 30.5. The van der Waals surface area contributed by atoms with Crippen LogP contribution in [0.2, 0.25) is 0 Å². The van der Waals surface area contributed by atoms with Crippen LogP contribution in [0.1, 0.15) is 19.8 Å². The Morgan fingerprint density at radius 3 is 2.37 bits per heavy atom. The Morgan fingerprint density at radius 1 is 1.10 bits per heavy atom. The van der Waals surface area contributed by atoms with E-state index in [2.05, 4.69) is 16.6 Å². The third kappa shape index (κ3) is 16.4. The van der Waals surface area contributed by atoms with Gasteiger partial charge in [0.15, 0.2) is 6.20 Å². The fourth-order valence-corrected chi connectivity index (χ4v) is 4.20. The summed E-state index contributed by atoms with van der Waals surface area (Å²) in [4.78, 5) is 46.8. The highest BCUT2D eigenvalue weighted by Gasteiger charge is 2.24. The second-order valence-corrected chi connectivity index (χ2v) is 9.38. The van der Waals surface area contributed by atoms with E-state index in [1.807, 2.05) is 17.7 Å². The van der Waals surface area contributed by atoms with Crippen molar-refractivity contribution in [1.82, 2.24) is 10.6 Å². The van der Waals surface area contributed by atoms with Gasteiger partial charge in [0, 0.05) is 18.2 Å². The largest absolute Gasteiger partial charge is 0.491 e. The number of aromatic nitrogens is 1. The molecular weight excluding hydrogens is 560 g/mol. The maximum Gasteiger partial charge on any atom is 0.322 e. The van der Waals surface area contributed by atoms with Gasteiger partial charge in [-0.05, 0) is 13.3 Å². The number of aryl methyl sites for hydroxylation is 1. The van der Waals surface area contributed by atoms with Gasteiger partial charge in [0.1, 0.15) is 44.1 Å². The molecule has 0 unspecified atom stereocenters. The van der Waals surface area contributed by atoms with Crippen LogP contribution in [-0.4, -0.2) is 105 Å². The van der Waals surface area contributed by atoms with Crippen LogP contribution in [0.15, 0.2) is 23.4 Å². The molecule has 0 radical (unpaired) electrons. The van der Waals surface area contributed by atoms with Crippen molar-refractivity contribution in [3.05, 3.63) is 18.3 Å². The highest BCUT2D eigenvalue weighted by atomic mass is 32.2. The number of terminal acetylenes is 1. The van der Waals surface area contributed by atoms with Crippen LogP contribution in [0.3, 0.4) is 0 Å². The highest BCUT2D eigenvalue weighted by Crippen LogP contribution is 2.20. The summed E-state index contributed by atoms with van der Waals surface area (Å²) in [6.07, 6.45) is 6.57. The van der Waals surface area contributed by atoms with Gasteiger partial charge in [0.05, 0.1) is 39.1 Å². The Bertz CT molecular complexity index is 1020. The van der Waals surface area contributed by atoms with Gasteiger partial charge >= 0.3 is 11.9 Å². The summed E-state index contributed by atoms with van der Waals surface area (Å²) >= 11 is 1.26. The number of carbonyl (C=O) groups is 4. The number of rotatable bonds is 23. The van der Waals surface area contributed by atoms with Crippen LogP contribution in [0.4, 0.5) is 0 Å². The van der Waals surface area contributed by atoms with Crippen molar-refractivity contribution in [3.63, 3.8) is 0 Å². The minimum atomic E-state index is -1.24. The molecule has 0 fully saturated rings. The second-order valence-electron chi connectivity index (χ2n) is 8.34. The molecule has 0 aromatic carbocycles. The first-order valence-electron chi connectivity index (χ1n) is 12.9. The van der Waals surface area contributed by atoms with Crippen LogP contribution in [-0.2, 0) is 39.9 Å². The smallest absolute Gasteiger partial charge is 0.322 e. The van der Waals surface area contributed by atoms with Crippen molar-refractivity contribution in [2.75, 3.05) is 58.5 Å². The number of aliphatic carboxylic acids is 2. The van der Waals surface area contributed by atoms with Gasteiger partial charge in [-0.2, -0.15) is 4.57 Å². The third-order valence-electron chi connectivity index (χ3n) is 5.20. The first-order valence-corrected chi connectivity index (χ1v) is 13.9. The topological polar surface area (TPSA) is 200 Å². The molecule has 1 heterocycles. The van der Waals surface area contributed by atoms with Gasteiger partial charge in [-0.25, -0.2) is 0 Å². The number of hydrogen-bond acceptors (Lipinski definition) is 10. The minimum Gasteiger partial charge on any atom is -0.491 e. The number of carbonyl (C=O) groups excluding carboxylic acids is 2. The lowest BCUT2D eigenvalue weighted by Crippen LogP contribution is -2.49. The Balaban J connectivity index is 2.64. The fraction of sp³-hybridized carbons (Fsp3) is 0.577. The van der Waals surface area contributed by atoms with Gasteiger partial charge in [-0.15, -0.1) is 6.42 Å². The molecule has 0 bridgehead atoms. The number of nitrogens with one attached hydrogen (secondary N) is 2. The van der Waals surface area contributed by atoms with Gasteiger partial charge in [-0.1, -0.05) is 17.7 Å². The van der Waals surface area contributed by atoms with E-state index in [-0.39, 0.29) is 25.2 Å². The van der Waals surface area contributed by atoms with Crippen LogP contribution < -0.4 is 25.7 Å². The molecule has 1 rings (SSSR count). The zero-order valence-corrected chi connectivity index (χ0v) is 23.9. The first-order chi connectivity index (χ1) is 19.7. The van der Waals surface area contributed by atoms with Gasteiger partial charge in [0.25, 0.3) is 0 Å². The number of amides is 2. The lowest BCUT2D eigenvalue weighted by Gasteiger charge is -2.18. The molecule has 0 spiro atoms. The molecule has 228 valence electrons. The number of thioether (sulfide) groups is 1. The third-order valence-corrected chi connectivity index (χ3v) is 6.35. The van der Waals surface area contributed by atoms with Crippen LogP contribution in [0.5, 0.6) is 5.75 Å². The van der Waals surface area contributed by atoms with Crippen molar-refractivity contribution in [3.8, 4) is 18.1 Å². The number of nitrogens with zero attached hydrogens (tertiary/aromatic N) is 1. The fourth-order valence-electron chi connectivity index (χ4n) is 3.07. The lowest BCUT2D eigenvalue weighted by atomic mass is 10.1. The summed E-state index contributed by atoms with van der Waals surface area (Å²) in [5.74, 6) is -0.735. The first kappa shape index (κ1) is 35.6. The molecule has 6 N–H and O–H groups in total. The van der Waals surface area contributed by atoms with Crippen LogP contribution in [0.25, 0.3) is 0 Å². The molecule has 1 aromatic heterocycles. The molecule has 14 nitrogen and oxygen atoms in total. The molecule has 0 saturated heterocycles. The van der Waals surface area contributed by atoms with Crippen molar-refractivity contribution in [2.45, 2.75) is 43.4 Å². The average molecular weight is 600 g/mol. The summed E-state index contributed by atoms with van der Waals surface area (Å²) in [5.41, 5.74) is 5.44. The molecule has 1 aromatic rings. The van der Waals surface area contributed by atoms with E-state index in [1.165, 1.54) is 11.8 Å². The van der Waals surface area contributed by atoms with E-state index in [0.717, 1.165) is 5.03 Å². The Kier molecular flexibility index (Phi) is 18.5. The van der Waals surface area contributed by atoms with Crippen molar-refractivity contribution in [2.24, 2.45) is 5.73 Å². The van der Waals surface area contributed by atoms with Crippen molar-refractivity contribution < 1.29 is 52.9 Å². The van der Waals surface area contributed by atoms with Gasteiger partial charge in [0.2, 0.25) is 16.8 Å². The number of hydrogen-bond donors (Lipinski definition) is 5. The van der Waals surface area contributed by atoms with Crippen molar-refractivity contribution in [1.29, 1.82) is 0 Å². The van der Waals surface area contributed by atoms with Crippen molar-refractivity contribution >= 4 is 35.5 Å². The molecule has 0 saturated carbocycles.